The van der Waals surface area contributed by atoms with Gasteiger partial charge >= 0.3 is 13.3 Å². The molecule has 0 aliphatic carbocycles. The number of fused-ring (bicyclic) bond motifs is 1. The zero-order valence-electron chi connectivity index (χ0n) is 9.69. The zero-order valence-corrected chi connectivity index (χ0v) is 9.69. The molecule has 0 spiro atoms. The van der Waals surface area contributed by atoms with Gasteiger partial charge in [0.1, 0.15) is 5.75 Å². The number of ether oxygens (including phenoxy) is 1. The van der Waals surface area contributed by atoms with Gasteiger partial charge in [0, 0.05) is 5.46 Å². The van der Waals surface area contributed by atoms with Gasteiger partial charge in [-0.25, -0.2) is 0 Å². The summed E-state index contributed by atoms with van der Waals surface area (Å²) in [5.41, 5.74) is -0.0673. The van der Waals surface area contributed by atoms with Crippen LogP contribution in [0.15, 0.2) is 36.4 Å². The molecule has 0 fully saturated rings. The molecule has 3 nitrogen and oxygen atoms in total. The fourth-order valence-electron chi connectivity index (χ4n) is 1.83. The molecule has 2 aromatic rings. The fraction of sp³-hybridized carbons (Fsp3) is 0.167. The van der Waals surface area contributed by atoms with Gasteiger partial charge in [-0.3, -0.25) is 0 Å². The van der Waals surface area contributed by atoms with Crippen LogP contribution in [0.1, 0.15) is 0 Å². The Labute approximate surface area is 107 Å². The third-order valence-corrected chi connectivity index (χ3v) is 2.58. The number of hydrogen-bond acceptors (Lipinski definition) is 3. The maximum atomic E-state index is 12.1. The van der Waals surface area contributed by atoms with Crippen molar-refractivity contribution in [3.05, 3.63) is 36.4 Å². The highest BCUT2D eigenvalue weighted by molar-refractivity contribution is 6.63. The van der Waals surface area contributed by atoms with Crippen LogP contribution >= 0.6 is 0 Å². The molecule has 0 aliphatic rings. The van der Waals surface area contributed by atoms with Crippen LogP contribution in [0.4, 0.5) is 13.2 Å². The maximum absolute atomic E-state index is 12.1. The Bertz CT molecular complexity index is 584. The highest BCUT2D eigenvalue weighted by Gasteiger charge is 2.30. The molecule has 7 heteroatoms. The molecule has 0 aliphatic heterocycles. The average molecular weight is 270 g/mol. The summed E-state index contributed by atoms with van der Waals surface area (Å²) in [4.78, 5) is 0. The number of rotatable bonds is 3. The molecule has 2 rings (SSSR count). The Balaban J connectivity index is 2.46. The minimum Gasteiger partial charge on any atom is -0.484 e. The zero-order chi connectivity index (χ0) is 14.0. The van der Waals surface area contributed by atoms with Crippen LogP contribution in [0, 0.1) is 0 Å². The predicted molar refractivity (Wildman–Crippen MR) is 65.3 cm³/mol. The summed E-state index contributed by atoms with van der Waals surface area (Å²) in [5, 5.41) is 19.8. The molecule has 0 unspecified atom stereocenters. The average Bonchev–Trinajstić information content (AvgIpc) is 2.34. The topological polar surface area (TPSA) is 49.7 Å². The summed E-state index contributed by atoms with van der Waals surface area (Å²) in [6, 6.07) is 9.56. The summed E-state index contributed by atoms with van der Waals surface area (Å²) >= 11 is 0. The summed E-state index contributed by atoms with van der Waals surface area (Å²) in [7, 11) is -1.91. The van der Waals surface area contributed by atoms with Crippen molar-refractivity contribution in [1.29, 1.82) is 0 Å². The largest absolute Gasteiger partial charge is 0.492 e. The van der Waals surface area contributed by atoms with E-state index in [1.165, 1.54) is 6.07 Å². The van der Waals surface area contributed by atoms with Crippen molar-refractivity contribution in [2.24, 2.45) is 0 Å². The van der Waals surface area contributed by atoms with Crippen LogP contribution in [0.25, 0.3) is 10.8 Å². The van der Waals surface area contributed by atoms with Gasteiger partial charge in [0.2, 0.25) is 0 Å². The van der Waals surface area contributed by atoms with E-state index in [4.69, 9.17) is 0 Å². The summed E-state index contributed by atoms with van der Waals surface area (Å²) < 4.78 is 41.0. The maximum Gasteiger partial charge on any atom is 0.492 e. The molecule has 0 atom stereocenters. The van der Waals surface area contributed by atoms with E-state index in [9.17, 15) is 23.2 Å². The highest BCUT2D eigenvalue weighted by atomic mass is 19.4. The normalized spacial score (nSPS) is 11.6. The standard InChI is InChI=1S/C12H10BF3O3/c14-12(15,16)7-19-10-6-5-8-3-1-2-4-9(8)11(10)13(17)18/h1-6,17-18H,7H2. The Morgan fingerprint density at radius 3 is 2.37 bits per heavy atom. The molecule has 0 bridgehead atoms. The van der Waals surface area contributed by atoms with Gasteiger partial charge in [0.25, 0.3) is 0 Å². The minimum atomic E-state index is -4.48. The van der Waals surface area contributed by atoms with Gasteiger partial charge in [-0.15, -0.1) is 0 Å². The first kappa shape index (κ1) is 13.7. The van der Waals surface area contributed by atoms with Crippen LogP contribution < -0.4 is 10.2 Å². The van der Waals surface area contributed by atoms with Crippen molar-refractivity contribution in [3.63, 3.8) is 0 Å². The quantitative estimate of drug-likeness (QED) is 0.830. The fourth-order valence-corrected chi connectivity index (χ4v) is 1.83. The van der Waals surface area contributed by atoms with E-state index in [1.807, 2.05) is 0 Å². The van der Waals surface area contributed by atoms with Gasteiger partial charge in [-0.1, -0.05) is 30.3 Å². The third kappa shape index (κ3) is 3.18. The second kappa shape index (κ2) is 5.10. The van der Waals surface area contributed by atoms with E-state index < -0.39 is 19.9 Å². The Hall–Kier alpha value is -1.73. The van der Waals surface area contributed by atoms with Crippen molar-refractivity contribution in [2.75, 3.05) is 6.61 Å². The number of alkyl halides is 3. The Kier molecular flexibility index (Phi) is 3.68. The first-order valence-electron chi connectivity index (χ1n) is 5.46. The van der Waals surface area contributed by atoms with E-state index in [-0.39, 0.29) is 11.2 Å². The van der Waals surface area contributed by atoms with Gasteiger partial charge in [-0.05, 0) is 16.8 Å². The molecule has 2 aromatic carbocycles. The van der Waals surface area contributed by atoms with Crippen LogP contribution in [-0.2, 0) is 0 Å². The van der Waals surface area contributed by atoms with Crippen molar-refractivity contribution < 1.29 is 28.0 Å². The molecule has 2 N–H and O–H groups in total. The van der Waals surface area contributed by atoms with Gasteiger partial charge in [-0.2, -0.15) is 13.2 Å². The summed E-state index contributed by atoms with van der Waals surface area (Å²) in [6.45, 7) is -1.48. The second-order valence-electron chi connectivity index (χ2n) is 3.98. The van der Waals surface area contributed by atoms with Crippen molar-refractivity contribution >= 4 is 23.4 Å². The SMILES string of the molecule is OB(O)c1c(OCC(F)(F)F)ccc2ccccc12. The van der Waals surface area contributed by atoms with Gasteiger partial charge < -0.3 is 14.8 Å². The summed E-state index contributed by atoms with van der Waals surface area (Å²) in [6.07, 6.45) is -4.48. The summed E-state index contributed by atoms with van der Waals surface area (Å²) in [5.74, 6) is -0.189. The Morgan fingerprint density at radius 1 is 1.05 bits per heavy atom. The van der Waals surface area contributed by atoms with Crippen molar-refractivity contribution in [1.82, 2.24) is 0 Å². The first-order chi connectivity index (χ1) is 8.88. The minimum absolute atomic E-state index is 0.0673. The molecular formula is C12H10BF3O3. The van der Waals surface area contributed by atoms with E-state index in [1.54, 1.807) is 30.3 Å². The van der Waals surface area contributed by atoms with Crippen LogP contribution in [0.3, 0.4) is 0 Å². The molecule has 0 saturated heterocycles. The van der Waals surface area contributed by atoms with Crippen molar-refractivity contribution in [2.45, 2.75) is 6.18 Å². The molecule has 0 aromatic heterocycles. The lowest BCUT2D eigenvalue weighted by Gasteiger charge is -2.15. The molecule has 0 saturated carbocycles. The van der Waals surface area contributed by atoms with Crippen LogP contribution in [0.5, 0.6) is 5.75 Å². The molecule has 100 valence electrons. The lowest BCUT2D eigenvalue weighted by atomic mass is 9.76. The van der Waals surface area contributed by atoms with Crippen LogP contribution in [0.2, 0.25) is 0 Å². The Morgan fingerprint density at radius 2 is 1.74 bits per heavy atom. The van der Waals surface area contributed by atoms with E-state index in [0.717, 1.165) is 0 Å². The molecule has 0 heterocycles. The monoisotopic (exact) mass is 270 g/mol. The van der Waals surface area contributed by atoms with Crippen molar-refractivity contribution in [3.8, 4) is 5.75 Å². The molecular weight excluding hydrogens is 260 g/mol. The predicted octanol–water partition coefficient (Wildman–Crippen LogP) is 1.46. The molecule has 0 radical (unpaired) electrons. The smallest absolute Gasteiger partial charge is 0.484 e. The molecule has 19 heavy (non-hydrogen) atoms. The van der Waals surface area contributed by atoms with E-state index in [0.29, 0.717) is 10.8 Å². The lowest BCUT2D eigenvalue weighted by molar-refractivity contribution is -0.153. The van der Waals surface area contributed by atoms with Gasteiger partial charge in [0.05, 0.1) is 0 Å². The first-order valence-corrected chi connectivity index (χ1v) is 5.46. The highest BCUT2D eigenvalue weighted by Crippen LogP contribution is 2.21. The second-order valence-corrected chi connectivity index (χ2v) is 3.98. The number of benzene rings is 2. The van der Waals surface area contributed by atoms with E-state index in [2.05, 4.69) is 4.74 Å². The number of hydrogen-bond donors (Lipinski definition) is 2. The number of halogens is 3. The lowest BCUT2D eigenvalue weighted by Crippen LogP contribution is -2.33. The third-order valence-electron chi connectivity index (χ3n) is 2.58. The van der Waals surface area contributed by atoms with E-state index >= 15 is 0 Å². The molecule has 0 amide bonds. The van der Waals surface area contributed by atoms with Crippen LogP contribution in [-0.4, -0.2) is 29.9 Å². The van der Waals surface area contributed by atoms with Gasteiger partial charge in [0.15, 0.2) is 6.61 Å².